The van der Waals surface area contributed by atoms with Crippen LogP contribution in [0.25, 0.3) is 0 Å². The van der Waals surface area contributed by atoms with Gasteiger partial charge in [0.2, 0.25) is 0 Å². The lowest BCUT2D eigenvalue weighted by Gasteiger charge is -2.26. The molecule has 0 spiro atoms. The molecule has 0 radical (unpaired) electrons. The minimum atomic E-state index is -0.709. The number of hydrogen-bond donors (Lipinski definition) is 3. The van der Waals surface area contributed by atoms with E-state index in [0.29, 0.717) is 43.4 Å². The quantitative estimate of drug-likeness (QED) is 0.297. The van der Waals surface area contributed by atoms with E-state index in [4.69, 9.17) is 9.47 Å². The minimum absolute atomic E-state index is 0. The third-order valence-electron chi connectivity index (χ3n) is 4.11. The molecule has 7 heteroatoms. The van der Waals surface area contributed by atoms with E-state index in [0.717, 1.165) is 12.1 Å². The van der Waals surface area contributed by atoms with Gasteiger partial charge < -0.3 is 25.2 Å². The summed E-state index contributed by atoms with van der Waals surface area (Å²) in [5.74, 6) is 2.08. The molecule has 6 nitrogen and oxygen atoms in total. The maximum Gasteiger partial charge on any atom is 0.191 e. The topological polar surface area (TPSA) is 75.1 Å². The van der Waals surface area contributed by atoms with Crippen LogP contribution in [0.1, 0.15) is 39.2 Å². The summed E-state index contributed by atoms with van der Waals surface area (Å²) in [6, 6.07) is 5.75. The van der Waals surface area contributed by atoms with Crippen LogP contribution in [0.15, 0.2) is 23.2 Å². The summed E-state index contributed by atoms with van der Waals surface area (Å²) >= 11 is 0. The smallest absolute Gasteiger partial charge is 0.191 e. The molecule has 0 unspecified atom stereocenters. The molecule has 0 fully saturated rings. The van der Waals surface area contributed by atoms with Crippen LogP contribution in [0.2, 0.25) is 0 Å². The monoisotopic (exact) mass is 465 g/mol. The van der Waals surface area contributed by atoms with Crippen molar-refractivity contribution in [1.82, 2.24) is 10.6 Å². The van der Waals surface area contributed by atoms with Crippen LogP contribution in [0.5, 0.6) is 11.5 Å². The average Bonchev–Trinajstić information content (AvgIpc) is 2.63. The second kappa shape index (κ2) is 12.2. The number of ether oxygens (including phenoxy) is 2. The van der Waals surface area contributed by atoms with E-state index in [1.807, 2.05) is 39.0 Å². The first-order valence-electron chi connectivity index (χ1n) is 8.47. The van der Waals surface area contributed by atoms with Gasteiger partial charge >= 0.3 is 0 Å². The van der Waals surface area contributed by atoms with Crippen LogP contribution in [-0.2, 0) is 6.54 Å². The molecule has 0 saturated heterocycles. The lowest BCUT2D eigenvalue weighted by atomic mass is 9.98. The molecule has 0 aliphatic heterocycles. The predicted octanol–water partition coefficient (Wildman–Crippen LogP) is 2.93. The predicted molar refractivity (Wildman–Crippen MR) is 113 cm³/mol. The molecular formula is C18H32IN3O3. The average molecular weight is 465 g/mol. The Kier molecular flexibility index (Phi) is 11.6. The SMILES string of the molecule is CCNC(=NCc1ccc(OC)c(OC)c1)NCC(O)(CC)CC.I. The zero-order chi connectivity index (χ0) is 18.0. The highest BCUT2D eigenvalue weighted by Gasteiger charge is 2.22. The molecule has 0 heterocycles. The van der Waals surface area contributed by atoms with E-state index < -0.39 is 5.60 Å². The van der Waals surface area contributed by atoms with Gasteiger partial charge in [0.25, 0.3) is 0 Å². The normalized spacial score (nSPS) is 11.5. The van der Waals surface area contributed by atoms with E-state index in [1.165, 1.54) is 0 Å². The highest BCUT2D eigenvalue weighted by molar-refractivity contribution is 14.0. The fourth-order valence-electron chi connectivity index (χ4n) is 2.24. The van der Waals surface area contributed by atoms with Gasteiger partial charge in [-0.05, 0) is 37.5 Å². The lowest BCUT2D eigenvalue weighted by molar-refractivity contribution is 0.0367. The van der Waals surface area contributed by atoms with Gasteiger partial charge in [-0.25, -0.2) is 4.99 Å². The van der Waals surface area contributed by atoms with Gasteiger partial charge in [-0.2, -0.15) is 0 Å². The minimum Gasteiger partial charge on any atom is -0.493 e. The van der Waals surface area contributed by atoms with E-state index >= 15 is 0 Å². The van der Waals surface area contributed by atoms with Crippen molar-refractivity contribution in [3.05, 3.63) is 23.8 Å². The van der Waals surface area contributed by atoms with E-state index in [2.05, 4.69) is 15.6 Å². The highest BCUT2D eigenvalue weighted by Crippen LogP contribution is 2.27. The molecule has 25 heavy (non-hydrogen) atoms. The molecule has 0 saturated carbocycles. The Hall–Kier alpha value is -1.22. The van der Waals surface area contributed by atoms with Gasteiger partial charge in [0.15, 0.2) is 17.5 Å². The Morgan fingerprint density at radius 2 is 1.72 bits per heavy atom. The van der Waals surface area contributed by atoms with Crippen LogP contribution in [0, 0.1) is 0 Å². The second-order valence-corrected chi connectivity index (χ2v) is 5.67. The number of hydrogen-bond acceptors (Lipinski definition) is 4. The van der Waals surface area contributed by atoms with E-state index in [-0.39, 0.29) is 24.0 Å². The summed E-state index contributed by atoms with van der Waals surface area (Å²) in [5.41, 5.74) is 0.311. The number of guanidine groups is 1. The molecule has 0 aliphatic carbocycles. The van der Waals surface area contributed by atoms with Crippen molar-refractivity contribution in [1.29, 1.82) is 0 Å². The zero-order valence-corrected chi connectivity index (χ0v) is 18.2. The van der Waals surface area contributed by atoms with E-state index in [9.17, 15) is 5.11 Å². The molecule has 1 aromatic rings. The Morgan fingerprint density at radius 1 is 1.08 bits per heavy atom. The van der Waals surface area contributed by atoms with Gasteiger partial charge in [-0.15, -0.1) is 24.0 Å². The van der Waals surface area contributed by atoms with Gasteiger partial charge in [-0.1, -0.05) is 19.9 Å². The van der Waals surface area contributed by atoms with Crippen LogP contribution in [0.4, 0.5) is 0 Å². The van der Waals surface area contributed by atoms with Crippen LogP contribution < -0.4 is 20.1 Å². The van der Waals surface area contributed by atoms with Crippen molar-refractivity contribution >= 4 is 29.9 Å². The molecule has 3 N–H and O–H groups in total. The number of methoxy groups -OCH3 is 2. The van der Waals surface area contributed by atoms with Gasteiger partial charge in [-0.3, -0.25) is 0 Å². The van der Waals surface area contributed by atoms with Crippen molar-refractivity contribution in [2.45, 2.75) is 45.8 Å². The zero-order valence-electron chi connectivity index (χ0n) is 15.9. The number of rotatable bonds is 9. The molecule has 0 aliphatic rings. The van der Waals surface area contributed by atoms with Crippen molar-refractivity contribution in [2.75, 3.05) is 27.3 Å². The molecule has 0 atom stereocenters. The maximum absolute atomic E-state index is 10.4. The summed E-state index contributed by atoms with van der Waals surface area (Å²) in [4.78, 5) is 4.57. The Labute approximate surface area is 168 Å². The molecule has 1 rings (SSSR count). The molecular weight excluding hydrogens is 433 g/mol. The summed E-state index contributed by atoms with van der Waals surface area (Å²) in [5, 5.41) is 16.8. The van der Waals surface area contributed by atoms with Crippen LogP contribution >= 0.6 is 24.0 Å². The number of nitrogens with one attached hydrogen (secondary N) is 2. The number of halogens is 1. The molecule has 0 aromatic heterocycles. The Morgan fingerprint density at radius 3 is 2.24 bits per heavy atom. The summed E-state index contributed by atoms with van der Waals surface area (Å²) in [6.07, 6.45) is 1.40. The molecule has 1 aromatic carbocycles. The second-order valence-electron chi connectivity index (χ2n) is 5.67. The number of aliphatic hydroxyl groups is 1. The summed E-state index contributed by atoms with van der Waals surface area (Å²) in [7, 11) is 3.23. The van der Waals surface area contributed by atoms with Crippen molar-refractivity contribution in [2.24, 2.45) is 4.99 Å². The highest BCUT2D eigenvalue weighted by atomic mass is 127. The summed E-state index contributed by atoms with van der Waals surface area (Å²) in [6.45, 7) is 7.72. The lowest BCUT2D eigenvalue weighted by Crippen LogP contribution is -2.46. The number of benzene rings is 1. The Bertz CT molecular complexity index is 534. The van der Waals surface area contributed by atoms with Gasteiger partial charge in [0, 0.05) is 13.1 Å². The van der Waals surface area contributed by atoms with Crippen molar-refractivity contribution < 1.29 is 14.6 Å². The first-order chi connectivity index (χ1) is 11.5. The number of aliphatic imine (C=N–C) groups is 1. The maximum atomic E-state index is 10.4. The standard InChI is InChI=1S/C18H31N3O3.HI/c1-6-18(22,7-2)13-21-17(19-8-3)20-12-14-9-10-15(23-4)16(11-14)24-5;/h9-11,22H,6-8,12-13H2,1-5H3,(H2,19,20,21);1H. The van der Waals surface area contributed by atoms with Gasteiger partial charge in [0.1, 0.15) is 0 Å². The fraction of sp³-hybridized carbons (Fsp3) is 0.611. The van der Waals surface area contributed by atoms with Gasteiger partial charge in [0.05, 0.1) is 26.4 Å². The van der Waals surface area contributed by atoms with Crippen molar-refractivity contribution in [3.8, 4) is 11.5 Å². The van der Waals surface area contributed by atoms with Crippen LogP contribution in [0.3, 0.4) is 0 Å². The van der Waals surface area contributed by atoms with Crippen LogP contribution in [-0.4, -0.2) is 44.0 Å². The fourth-order valence-corrected chi connectivity index (χ4v) is 2.24. The molecule has 0 amide bonds. The third-order valence-corrected chi connectivity index (χ3v) is 4.11. The first-order valence-corrected chi connectivity index (χ1v) is 8.47. The first kappa shape index (κ1) is 23.8. The molecule has 144 valence electrons. The number of nitrogens with zero attached hydrogens (tertiary/aromatic N) is 1. The third kappa shape index (κ3) is 7.68. The Balaban J connectivity index is 0.00000576. The van der Waals surface area contributed by atoms with E-state index in [1.54, 1.807) is 14.2 Å². The van der Waals surface area contributed by atoms with Crippen molar-refractivity contribution in [3.63, 3.8) is 0 Å². The molecule has 0 bridgehead atoms. The largest absolute Gasteiger partial charge is 0.493 e. The summed E-state index contributed by atoms with van der Waals surface area (Å²) < 4.78 is 10.6.